The average molecular weight is 520 g/mol. The lowest BCUT2D eigenvalue weighted by Gasteiger charge is -2.40. The average Bonchev–Trinajstić information content (AvgIpc) is 2.83. The number of piperidine rings is 1. The lowest BCUT2D eigenvalue weighted by molar-refractivity contribution is 0.0785. The Balaban J connectivity index is 1.64. The number of carbonyl (C=O) groups excluding carboxylic acids is 1. The first kappa shape index (κ1) is 25.9. The molecule has 8 nitrogen and oxygen atoms in total. The number of pyridine rings is 2. The molecule has 0 radical (unpaired) electrons. The summed E-state index contributed by atoms with van der Waals surface area (Å²) in [6, 6.07) is 4.84. The summed E-state index contributed by atoms with van der Waals surface area (Å²) in [5.41, 5.74) is 5.23. The summed E-state index contributed by atoms with van der Waals surface area (Å²) in [4.78, 5) is 22.7. The van der Waals surface area contributed by atoms with Gasteiger partial charge in [-0.05, 0) is 29.4 Å². The third kappa shape index (κ3) is 5.16. The molecule has 1 fully saturated rings. The molecule has 1 aliphatic heterocycles. The highest BCUT2D eigenvalue weighted by Gasteiger charge is 2.32. The van der Waals surface area contributed by atoms with E-state index in [1.54, 1.807) is 12.3 Å². The maximum absolute atomic E-state index is 14.6. The van der Waals surface area contributed by atoms with Crippen LogP contribution in [0, 0.1) is 23.4 Å². The normalized spacial score (nSPS) is 20.8. The van der Waals surface area contributed by atoms with Crippen LogP contribution in [0.25, 0.3) is 11.3 Å². The second-order valence-corrected chi connectivity index (χ2v) is 10.0. The van der Waals surface area contributed by atoms with E-state index in [-0.39, 0.29) is 16.5 Å². The topological polar surface area (TPSA) is 127 Å². The molecule has 4 rings (SSSR count). The number of aliphatic hydroxyl groups excluding tert-OH is 1. The highest BCUT2D eigenvalue weighted by Crippen LogP contribution is 2.31. The molecule has 4 atom stereocenters. The molecule has 2 aromatic heterocycles. The number of carbonyl (C=O) groups is 1. The Morgan fingerprint density at radius 2 is 1.89 bits per heavy atom. The minimum Gasteiger partial charge on any atom is -0.612 e. The molecular weight excluding hydrogens is 495 g/mol. The van der Waals surface area contributed by atoms with Crippen LogP contribution in [-0.2, 0) is 11.2 Å². The number of hydrogen-bond acceptors (Lipinski definition) is 7. The summed E-state index contributed by atoms with van der Waals surface area (Å²) >= 11 is -1.66. The van der Waals surface area contributed by atoms with Crippen LogP contribution in [0.5, 0.6) is 0 Å². The maximum Gasteiger partial charge on any atom is 0.274 e. The van der Waals surface area contributed by atoms with E-state index in [9.17, 15) is 27.6 Å². The second-order valence-electron chi connectivity index (χ2n) is 8.63. The van der Waals surface area contributed by atoms with Crippen molar-refractivity contribution >= 4 is 28.5 Å². The van der Waals surface area contributed by atoms with Gasteiger partial charge in [0.1, 0.15) is 35.1 Å². The van der Waals surface area contributed by atoms with Gasteiger partial charge >= 0.3 is 0 Å². The quantitative estimate of drug-likeness (QED) is 0.442. The summed E-state index contributed by atoms with van der Waals surface area (Å²) in [6.45, 7) is 2.69. The second kappa shape index (κ2) is 10.4. The molecule has 12 heteroatoms. The number of rotatable bonds is 5. The maximum atomic E-state index is 14.6. The fourth-order valence-electron chi connectivity index (χ4n) is 4.14. The summed E-state index contributed by atoms with van der Waals surface area (Å²) in [6.07, 6.45) is 3.56. The number of hydrogen-bond donors (Lipinski definition) is 3. The van der Waals surface area contributed by atoms with E-state index in [2.05, 4.69) is 15.3 Å². The van der Waals surface area contributed by atoms with Crippen molar-refractivity contribution in [2.75, 3.05) is 29.6 Å². The lowest BCUT2D eigenvalue weighted by Crippen LogP contribution is -2.55. The molecule has 3 heterocycles. The number of anilines is 2. The number of benzene rings is 1. The Morgan fingerprint density at radius 3 is 2.53 bits per heavy atom. The van der Waals surface area contributed by atoms with Gasteiger partial charge in [0.15, 0.2) is 4.90 Å². The highest BCUT2D eigenvalue weighted by molar-refractivity contribution is 7.90. The van der Waals surface area contributed by atoms with E-state index in [1.807, 2.05) is 11.8 Å². The Morgan fingerprint density at radius 1 is 1.19 bits per heavy atom. The van der Waals surface area contributed by atoms with Crippen LogP contribution in [0.2, 0.25) is 0 Å². The fraction of sp³-hybridized carbons (Fsp3) is 0.292. The van der Waals surface area contributed by atoms with Crippen molar-refractivity contribution in [2.24, 2.45) is 11.7 Å². The van der Waals surface area contributed by atoms with Gasteiger partial charge in [0, 0.05) is 43.4 Å². The van der Waals surface area contributed by atoms with Crippen molar-refractivity contribution in [3.8, 4) is 11.3 Å². The summed E-state index contributed by atoms with van der Waals surface area (Å²) in [5, 5.41) is 12.8. The van der Waals surface area contributed by atoms with Gasteiger partial charge in [0.05, 0.1) is 29.2 Å². The molecule has 1 amide bonds. The number of nitrogens with two attached hydrogens (primary N) is 1. The zero-order valence-corrected chi connectivity index (χ0v) is 20.2. The van der Waals surface area contributed by atoms with Crippen molar-refractivity contribution < 1.29 is 27.6 Å². The number of nitrogens with zero attached hydrogens (tertiary/aromatic N) is 3. The lowest BCUT2D eigenvalue weighted by atomic mass is 9.92. The van der Waals surface area contributed by atoms with Crippen molar-refractivity contribution in [3.63, 3.8) is 0 Å². The molecule has 36 heavy (non-hydrogen) atoms. The Kier molecular flexibility index (Phi) is 7.50. The van der Waals surface area contributed by atoms with Gasteiger partial charge in [-0.15, -0.1) is 0 Å². The molecule has 0 spiro atoms. The number of aromatic nitrogens is 2. The van der Waals surface area contributed by atoms with Gasteiger partial charge in [-0.1, -0.05) is 6.92 Å². The molecule has 190 valence electrons. The fourth-order valence-corrected chi connectivity index (χ4v) is 4.68. The molecule has 1 aliphatic rings. The number of halogens is 3. The predicted molar refractivity (Wildman–Crippen MR) is 129 cm³/mol. The molecule has 1 unspecified atom stereocenters. The van der Waals surface area contributed by atoms with Gasteiger partial charge in [-0.3, -0.25) is 9.78 Å². The minimum atomic E-state index is -1.66. The summed E-state index contributed by atoms with van der Waals surface area (Å²) in [7, 11) is 0. The molecule has 1 saturated heterocycles. The van der Waals surface area contributed by atoms with Crippen molar-refractivity contribution in [2.45, 2.75) is 24.0 Å². The predicted octanol–water partition coefficient (Wildman–Crippen LogP) is 2.69. The van der Waals surface area contributed by atoms with E-state index in [0.717, 1.165) is 24.3 Å². The third-order valence-corrected chi connectivity index (χ3v) is 6.91. The smallest absolute Gasteiger partial charge is 0.274 e. The largest absolute Gasteiger partial charge is 0.612 e. The Hall–Kier alpha value is -3.19. The van der Waals surface area contributed by atoms with Crippen LogP contribution < -0.4 is 16.0 Å². The minimum absolute atomic E-state index is 0.105. The van der Waals surface area contributed by atoms with E-state index in [4.69, 9.17) is 5.73 Å². The van der Waals surface area contributed by atoms with Gasteiger partial charge < -0.3 is 25.6 Å². The SMILES string of the molecule is C[C@H]1CN(c2ccncc2NC(=O)c2ccc(F)c(-c3c(F)cc([S+](C)[O-])cc3F)n2)C[C@@H](N)[C@@H]1O. The Labute approximate surface area is 208 Å². The van der Waals surface area contributed by atoms with Crippen LogP contribution >= 0.6 is 0 Å². The van der Waals surface area contributed by atoms with Crippen LogP contribution in [0.15, 0.2) is 47.6 Å². The number of aliphatic hydroxyl groups is 1. The zero-order valence-electron chi connectivity index (χ0n) is 19.4. The Bertz CT molecular complexity index is 1260. The summed E-state index contributed by atoms with van der Waals surface area (Å²) in [5.74, 6) is -4.22. The van der Waals surface area contributed by atoms with Crippen molar-refractivity contribution in [1.29, 1.82) is 0 Å². The van der Waals surface area contributed by atoms with Gasteiger partial charge in [-0.2, -0.15) is 0 Å². The first-order chi connectivity index (χ1) is 17.1. The van der Waals surface area contributed by atoms with Gasteiger partial charge in [0.25, 0.3) is 5.91 Å². The standard InChI is InChI=1S/C24H24F3N5O3S/c1-12-10-32(11-17(28)23(12)33)20-5-6-29-9-19(20)31-24(34)18-4-3-14(25)22(30-18)21-15(26)7-13(36(2)35)8-16(21)27/h3-9,12,17,23,33H,10-11,28H2,1-2H3,(H,31,34)/t12-,17+,23+,36?/m0/s1. The number of nitrogens with one attached hydrogen (secondary N) is 1. The third-order valence-electron chi connectivity index (χ3n) is 6.01. The molecular formula is C24H24F3N5O3S. The summed E-state index contributed by atoms with van der Waals surface area (Å²) < 4.78 is 55.4. The number of amides is 1. The highest BCUT2D eigenvalue weighted by atomic mass is 32.2. The van der Waals surface area contributed by atoms with E-state index >= 15 is 0 Å². The molecule has 0 aliphatic carbocycles. The monoisotopic (exact) mass is 519 g/mol. The van der Waals surface area contributed by atoms with Crippen LogP contribution in [0.4, 0.5) is 24.5 Å². The first-order valence-corrected chi connectivity index (χ1v) is 12.6. The molecule has 4 N–H and O–H groups in total. The first-order valence-electron chi connectivity index (χ1n) is 11.0. The van der Waals surface area contributed by atoms with Gasteiger partial charge in [0.2, 0.25) is 0 Å². The zero-order chi connectivity index (χ0) is 26.1. The van der Waals surface area contributed by atoms with Crippen LogP contribution in [0.3, 0.4) is 0 Å². The molecule has 0 bridgehead atoms. The van der Waals surface area contributed by atoms with E-state index < -0.39 is 57.9 Å². The van der Waals surface area contributed by atoms with E-state index in [1.165, 1.54) is 12.5 Å². The molecule has 3 aromatic rings. The molecule has 0 saturated carbocycles. The van der Waals surface area contributed by atoms with Crippen molar-refractivity contribution in [1.82, 2.24) is 9.97 Å². The van der Waals surface area contributed by atoms with Crippen LogP contribution in [0.1, 0.15) is 17.4 Å². The van der Waals surface area contributed by atoms with Crippen LogP contribution in [-0.4, -0.2) is 57.0 Å². The molecule has 1 aromatic carbocycles. The van der Waals surface area contributed by atoms with Gasteiger partial charge in [-0.25, -0.2) is 18.2 Å². The van der Waals surface area contributed by atoms with Crippen molar-refractivity contribution in [3.05, 3.63) is 65.9 Å². The van der Waals surface area contributed by atoms with E-state index in [0.29, 0.717) is 24.5 Å².